The highest BCUT2D eigenvalue weighted by molar-refractivity contribution is 9.10. The quantitative estimate of drug-likeness (QED) is 0.922. The fourth-order valence-electron chi connectivity index (χ4n) is 1.60. The van der Waals surface area contributed by atoms with Gasteiger partial charge in [-0.1, -0.05) is 20.8 Å². The van der Waals surface area contributed by atoms with Crippen LogP contribution in [0.2, 0.25) is 0 Å². The van der Waals surface area contributed by atoms with E-state index >= 15 is 0 Å². The van der Waals surface area contributed by atoms with E-state index in [1.807, 2.05) is 12.1 Å². The fourth-order valence-corrected chi connectivity index (χ4v) is 2.90. The lowest BCUT2D eigenvalue weighted by molar-refractivity contribution is 0.173. The van der Waals surface area contributed by atoms with Gasteiger partial charge in [-0.15, -0.1) is 11.3 Å². The van der Waals surface area contributed by atoms with Gasteiger partial charge in [-0.3, -0.25) is 4.98 Å². The number of thiazole rings is 1. The van der Waals surface area contributed by atoms with Crippen molar-refractivity contribution in [2.45, 2.75) is 38.7 Å². The monoisotopic (exact) mass is 340 g/mol. The van der Waals surface area contributed by atoms with Gasteiger partial charge in [0.15, 0.2) is 0 Å². The van der Waals surface area contributed by atoms with Gasteiger partial charge in [0.25, 0.3) is 0 Å². The van der Waals surface area contributed by atoms with Crippen LogP contribution in [0.25, 0.3) is 0 Å². The van der Waals surface area contributed by atoms with E-state index in [-0.39, 0.29) is 5.41 Å². The summed E-state index contributed by atoms with van der Waals surface area (Å²) in [6, 6.07) is 3.71. The zero-order valence-corrected chi connectivity index (χ0v) is 13.6. The summed E-state index contributed by atoms with van der Waals surface area (Å²) in [7, 11) is 0. The number of aromatic nitrogens is 2. The highest BCUT2D eigenvalue weighted by atomic mass is 79.9. The summed E-state index contributed by atoms with van der Waals surface area (Å²) < 4.78 is 0.910. The lowest BCUT2D eigenvalue weighted by atomic mass is 9.93. The first-order valence-corrected chi connectivity index (χ1v) is 7.78. The van der Waals surface area contributed by atoms with Gasteiger partial charge in [-0.2, -0.15) is 0 Å². The molecule has 0 aliphatic heterocycles. The first-order chi connectivity index (χ1) is 8.86. The molecule has 19 heavy (non-hydrogen) atoms. The van der Waals surface area contributed by atoms with Crippen molar-refractivity contribution in [2.75, 3.05) is 0 Å². The van der Waals surface area contributed by atoms with Crippen LogP contribution in [0.15, 0.2) is 28.2 Å². The molecule has 1 atom stereocenters. The molecule has 0 aliphatic rings. The van der Waals surface area contributed by atoms with Gasteiger partial charge in [-0.25, -0.2) is 4.98 Å². The van der Waals surface area contributed by atoms with Crippen LogP contribution in [0.3, 0.4) is 0 Å². The Morgan fingerprint density at radius 3 is 2.63 bits per heavy atom. The summed E-state index contributed by atoms with van der Waals surface area (Å²) >= 11 is 4.93. The molecule has 2 aromatic rings. The molecule has 0 fully saturated rings. The molecular formula is C14H17BrN2OS. The summed E-state index contributed by atoms with van der Waals surface area (Å²) in [4.78, 5) is 8.80. The summed E-state index contributed by atoms with van der Waals surface area (Å²) in [6.45, 7) is 6.41. The smallest absolute Gasteiger partial charge is 0.102 e. The minimum atomic E-state index is -0.605. The van der Waals surface area contributed by atoms with E-state index in [0.717, 1.165) is 15.2 Å². The molecule has 1 N–H and O–H groups in total. The van der Waals surface area contributed by atoms with E-state index in [2.05, 4.69) is 52.0 Å². The van der Waals surface area contributed by atoms with Crippen LogP contribution in [0.4, 0.5) is 0 Å². The Balaban J connectivity index is 2.08. The molecule has 0 aliphatic carbocycles. The van der Waals surface area contributed by atoms with Crippen molar-refractivity contribution in [3.8, 4) is 0 Å². The normalized spacial score (nSPS) is 13.5. The maximum atomic E-state index is 10.2. The zero-order valence-electron chi connectivity index (χ0n) is 11.2. The molecule has 102 valence electrons. The van der Waals surface area contributed by atoms with Gasteiger partial charge in [0.1, 0.15) is 6.10 Å². The van der Waals surface area contributed by atoms with Gasteiger partial charge >= 0.3 is 0 Å². The maximum Gasteiger partial charge on any atom is 0.102 e. The average molecular weight is 341 g/mol. The molecular weight excluding hydrogens is 324 g/mol. The summed E-state index contributed by atoms with van der Waals surface area (Å²) in [5, 5.41) is 13.2. The molecule has 0 saturated heterocycles. The third kappa shape index (κ3) is 3.84. The average Bonchev–Trinajstić information content (AvgIpc) is 2.78. The molecule has 1 unspecified atom stereocenters. The van der Waals surface area contributed by atoms with Crippen LogP contribution in [0.5, 0.6) is 0 Å². The second kappa shape index (κ2) is 5.69. The Morgan fingerprint density at radius 1 is 1.37 bits per heavy atom. The van der Waals surface area contributed by atoms with Gasteiger partial charge in [0.2, 0.25) is 0 Å². The molecule has 0 radical (unpaired) electrons. The summed E-state index contributed by atoms with van der Waals surface area (Å²) in [5.41, 5.74) is 1.80. The minimum absolute atomic E-state index is 0.0512. The Morgan fingerprint density at radius 2 is 2.11 bits per heavy atom. The molecule has 0 aromatic carbocycles. The molecule has 2 rings (SSSR count). The molecule has 0 spiro atoms. The Labute approximate surface area is 125 Å². The van der Waals surface area contributed by atoms with Crippen molar-refractivity contribution in [3.05, 3.63) is 44.6 Å². The van der Waals surface area contributed by atoms with Crippen LogP contribution >= 0.6 is 27.3 Å². The molecule has 3 nitrogen and oxygen atoms in total. The van der Waals surface area contributed by atoms with Crippen LogP contribution < -0.4 is 0 Å². The number of aliphatic hydroxyl groups excluding tert-OH is 1. The van der Waals surface area contributed by atoms with E-state index in [1.54, 1.807) is 17.5 Å². The van der Waals surface area contributed by atoms with Crippen LogP contribution in [0, 0.1) is 0 Å². The molecule has 0 amide bonds. The Kier molecular flexibility index (Phi) is 4.38. The van der Waals surface area contributed by atoms with Gasteiger partial charge in [0.05, 0.1) is 16.4 Å². The van der Waals surface area contributed by atoms with E-state index in [1.165, 1.54) is 0 Å². The number of hydrogen-bond donors (Lipinski definition) is 1. The summed E-state index contributed by atoms with van der Waals surface area (Å²) in [5.74, 6) is 0. The van der Waals surface area contributed by atoms with Crippen LogP contribution in [0.1, 0.15) is 43.3 Å². The second-order valence-electron chi connectivity index (χ2n) is 5.50. The largest absolute Gasteiger partial charge is 0.386 e. The topological polar surface area (TPSA) is 46.0 Å². The second-order valence-corrected chi connectivity index (χ2v) is 7.36. The summed E-state index contributed by atoms with van der Waals surface area (Å²) in [6.07, 6.45) is 1.60. The first kappa shape index (κ1) is 14.6. The molecule has 5 heteroatoms. The predicted octanol–water partition coefficient (Wildman–Crippen LogP) is 3.87. The SMILES string of the molecule is CC(C)(C)c1csc(CC(O)c2ccc(Br)cn2)n1. The highest BCUT2D eigenvalue weighted by Gasteiger charge is 2.19. The van der Waals surface area contributed by atoms with Crippen molar-refractivity contribution in [3.63, 3.8) is 0 Å². The zero-order chi connectivity index (χ0) is 14.0. The highest BCUT2D eigenvalue weighted by Crippen LogP contribution is 2.26. The van der Waals surface area contributed by atoms with Crippen molar-refractivity contribution < 1.29 is 5.11 Å². The number of pyridine rings is 1. The molecule has 0 saturated carbocycles. The Bertz CT molecular complexity index is 545. The number of halogens is 1. The maximum absolute atomic E-state index is 10.2. The fraction of sp³-hybridized carbons (Fsp3) is 0.429. The predicted molar refractivity (Wildman–Crippen MR) is 81.4 cm³/mol. The van der Waals surface area contributed by atoms with E-state index in [9.17, 15) is 5.11 Å². The van der Waals surface area contributed by atoms with Crippen LogP contribution in [-0.4, -0.2) is 15.1 Å². The van der Waals surface area contributed by atoms with E-state index < -0.39 is 6.10 Å². The Hall–Kier alpha value is -0.780. The lowest BCUT2D eigenvalue weighted by Crippen LogP contribution is -2.12. The lowest BCUT2D eigenvalue weighted by Gasteiger charge is -2.14. The van der Waals surface area contributed by atoms with Gasteiger partial charge in [0, 0.05) is 27.9 Å². The van der Waals surface area contributed by atoms with Gasteiger partial charge < -0.3 is 5.11 Å². The van der Waals surface area contributed by atoms with E-state index in [4.69, 9.17) is 0 Å². The number of aliphatic hydroxyl groups is 1. The van der Waals surface area contributed by atoms with Gasteiger partial charge in [-0.05, 0) is 28.1 Å². The number of hydrogen-bond acceptors (Lipinski definition) is 4. The molecule has 2 heterocycles. The van der Waals surface area contributed by atoms with Crippen LogP contribution in [-0.2, 0) is 11.8 Å². The third-order valence-corrected chi connectivity index (χ3v) is 4.12. The first-order valence-electron chi connectivity index (χ1n) is 6.10. The number of nitrogens with zero attached hydrogens (tertiary/aromatic N) is 2. The molecule has 2 aromatic heterocycles. The standard InChI is InChI=1S/C14H17BrN2OS/c1-14(2,3)12-8-19-13(17-12)6-11(18)10-5-4-9(15)7-16-10/h4-5,7-8,11,18H,6H2,1-3H3. The third-order valence-electron chi connectivity index (χ3n) is 2.78. The van der Waals surface area contributed by atoms with Crippen molar-refractivity contribution in [1.29, 1.82) is 0 Å². The minimum Gasteiger partial charge on any atom is -0.386 e. The molecule has 0 bridgehead atoms. The number of rotatable bonds is 3. The van der Waals surface area contributed by atoms with Crippen molar-refractivity contribution in [1.82, 2.24) is 9.97 Å². The van der Waals surface area contributed by atoms with E-state index in [0.29, 0.717) is 12.1 Å². The van der Waals surface area contributed by atoms with Crippen molar-refractivity contribution in [2.24, 2.45) is 0 Å². The van der Waals surface area contributed by atoms with Crippen molar-refractivity contribution >= 4 is 27.3 Å².